The Hall–Kier alpha value is -1.96. The van der Waals surface area contributed by atoms with E-state index in [4.69, 9.17) is 9.47 Å². The van der Waals surface area contributed by atoms with Crippen molar-refractivity contribution in [3.8, 4) is 11.5 Å². The highest BCUT2D eigenvalue weighted by Crippen LogP contribution is 2.32. The van der Waals surface area contributed by atoms with Crippen LogP contribution < -0.4 is 9.47 Å². The highest BCUT2D eigenvalue weighted by Gasteiger charge is 2.12. The van der Waals surface area contributed by atoms with E-state index < -0.39 is 0 Å². The molecule has 2 aromatic carbocycles. The van der Waals surface area contributed by atoms with Gasteiger partial charge in [0.2, 0.25) is 6.79 Å². The van der Waals surface area contributed by atoms with E-state index in [1.165, 1.54) is 11.1 Å². The zero-order chi connectivity index (χ0) is 10.8. The predicted molar refractivity (Wildman–Crippen MR) is 61.8 cm³/mol. The summed E-state index contributed by atoms with van der Waals surface area (Å²) < 4.78 is 10.6. The molecule has 0 radical (unpaired) electrons. The van der Waals surface area contributed by atoms with E-state index in [-0.39, 0.29) is 0 Å². The summed E-state index contributed by atoms with van der Waals surface area (Å²) in [5.41, 5.74) is 2.55. The SMILES string of the molecule is c1ccc(Cc2ccc3c(c2)OCO3)cc1. The van der Waals surface area contributed by atoms with Crippen LogP contribution in [-0.4, -0.2) is 6.79 Å². The van der Waals surface area contributed by atoms with Crippen molar-refractivity contribution in [2.45, 2.75) is 6.42 Å². The van der Waals surface area contributed by atoms with Crippen LogP contribution in [0.5, 0.6) is 11.5 Å². The second-order valence-electron chi connectivity index (χ2n) is 3.85. The van der Waals surface area contributed by atoms with Crippen molar-refractivity contribution < 1.29 is 9.47 Å². The van der Waals surface area contributed by atoms with Gasteiger partial charge in [0.1, 0.15) is 0 Å². The molecule has 2 nitrogen and oxygen atoms in total. The van der Waals surface area contributed by atoms with E-state index in [0.717, 1.165) is 17.9 Å². The molecule has 0 saturated heterocycles. The molecule has 2 aromatic rings. The van der Waals surface area contributed by atoms with Gasteiger partial charge in [-0.25, -0.2) is 0 Å². The Labute approximate surface area is 94.4 Å². The average molecular weight is 212 g/mol. The first-order valence-electron chi connectivity index (χ1n) is 5.34. The molecule has 80 valence electrons. The Morgan fingerprint density at radius 1 is 0.812 bits per heavy atom. The molecule has 0 fully saturated rings. The quantitative estimate of drug-likeness (QED) is 0.761. The van der Waals surface area contributed by atoms with E-state index >= 15 is 0 Å². The lowest BCUT2D eigenvalue weighted by molar-refractivity contribution is 0.174. The van der Waals surface area contributed by atoms with Gasteiger partial charge in [-0.15, -0.1) is 0 Å². The third-order valence-electron chi connectivity index (χ3n) is 2.69. The zero-order valence-corrected chi connectivity index (χ0v) is 8.85. The second-order valence-corrected chi connectivity index (χ2v) is 3.85. The minimum absolute atomic E-state index is 0.337. The molecule has 16 heavy (non-hydrogen) atoms. The Balaban J connectivity index is 1.86. The molecule has 3 rings (SSSR count). The summed E-state index contributed by atoms with van der Waals surface area (Å²) in [6, 6.07) is 16.5. The van der Waals surface area contributed by atoms with Crippen molar-refractivity contribution >= 4 is 0 Å². The Morgan fingerprint density at radius 3 is 2.50 bits per heavy atom. The monoisotopic (exact) mass is 212 g/mol. The van der Waals surface area contributed by atoms with E-state index in [9.17, 15) is 0 Å². The fraction of sp³-hybridized carbons (Fsp3) is 0.143. The third-order valence-corrected chi connectivity index (χ3v) is 2.69. The van der Waals surface area contributed by atoms with E-state index in [0.29, 0.717) is 6.79 Å². The molecule has 0 atom stereocenters. The van der Waals surface area contributed by atoms with Crippen LogP contribution in [0.4, 0.5) is 0 Å². The molecule has 1 aliphatic heterocycles. The summed E-state index contributed by atoms with van der Waals surface area (Å²) in [6.07, 6.45) is 0.928. The van der Waals surface area contributed by atoms with Crippen LogP contribution >= 0.6 is 0 Å². The van der Waals surface area contributed by atoms with Crippen molar-refractivity contribution in [1.82, 2.24) is 0 Å². The van der Waals surface area contributed by atoms with Gasteiger partial charge in [0.15, 0.2) is 11.5 Å². The van der Waals surface area contributed by atoms with Gasteiger partial charge in [0.25, 0.3) is 0 Å². The smallest absolute Gasteiger partial charge is 0.231 e. The molecule has 0 spiro atoms. The summed E-state index contributed by atoms with van der Waals surface area (Å²) in [4.78, 5) is 0. The topological polar surface area (TPSA) is 18.5 Å². The Bertz CT molecular complexity index is 491. The molecular weight excluding hydrogens is 200 g/mol. The first-order chi connectivity index (χ1) is 7.92. The number of benzene rings is 2. The molecular formula is C14H12O2. The highest BCUT2D eigenvalue weighted by molar-refractivity contribution is 5.45. The maximum absolute atomic E-state index is 5.35. The lowest BCUT2D eigenvalue weighted by Gasteiger charge is -2.03. The molecule has 0 aliphatic carbocycles. The van der Waals surface area contributed by atoms with Crippen molar-refractivity contribution in [3.05, 3.63) is 59.7 Å². The van der Waals surface area contributed by atoms with Crippen molar-refractivity contribution in [2.24, 2.45) is 0 Å². The van der Waals surface area contributed by atoms with Crippen molar-refractivity contribution in [1.29, 1.82) is 0 Å². The summed E-state index contributed by atoms with van der Waals surface area (Å²) >= 11 is 0. The van der Waals surface area contributed by atoms with Gasteiger partial charge in [0.05, 0.1) is 0 Å². The molecule has 0 aromatic heterocycles. The third kappa shape index (κ3) is 1.74. The maximum Gasteiger partial charge on any atom is 0.231 e. The number of hydrogen-bond donors (Lipinski definition) is 0. The number of fused-ring (bicyclic) bond motifs is 1. The standard InChI is InChI=1S/C14H12O2/c1-2-4-11(5-3-1)8-12-6-7-13-14(9-12)16-10-15-13/h1-7,9H,8,10H2. The second kappa shape index (κ2) is 3.89. The number of ether oxygens (including phenoxy) is 2. The van der Waals surface area contributed by atoms with E-state index in [1.807, 2.05) is 12.1 Å². The molecule has 0 bridgehead atoms. The highest BCUT2D eigenvalue weighted by atomic mass is 16.7. The van der Waals surface area contributed by atoms with Crippen LogP contribution in [0.15, 0.2) is 48.5 Å². The van der Waals surface area contributed by atoms with Gasteiger partial charge in [-0.2, -0.15) is 0 Å². The number of hydrogen-bond acceptors (Lipinski definition) is 2. The lowest BCUT2D eigenvalue weighted by atomic mass is 10.0. The fourth-order valence-corrected chi connectivity index (χ4v) is 1.88. The van der Waals surface area contributed by atoms with Crippen LogP contribution in [0.1, 0.15) is 11.1 Å². The Kier molecular flexibility index (Phi) is 2.26. The van der Waals surface area contributed by atoms with Gasteiger partial charge in [-0.3, -0.25) is 0 Å². The van der Waals surface area contributed by atoms with Crippen molar-refractivity contribution in [2.75, 3.05) is 6.79 Å². The maximum atomic E-state index is 5.35. The van der Waals surface area contributed by atoms with Crippen LogP contribution in [0.2, 0.25) is 0 Å². The van der Waals surface area contributed by atoms with Gasteiger partial charge in [0, 0.05) is 0 Å². The molecule has 2 heteroatoms. The van der Waals surface area contributed by atoms with Crippen LogP contribution in [-0.2, 0) is 6.42 Å². The lowest BCUT2D eigenvalue weighted by Crippen LogP contribution is -1.93. The van der Waals surface area contributed by atoms with Crippen LogP contribution in [0, 0.1) is 0 Å². The minimum atomic E-state index is 0.337. The average Bonchev–Trinajstić information content (AvgIpc) is 2.77. The predicted octanol–water partition coefficient (Wildman–Crippen LogP) is 3.01. The van der Waals surface area contributed by atoms with Crippen molar-refractivity contribution in [3.63, 3.8) is 0 Å². The molecule has 0 amide bonds. The van der Waals surface area contributed by atoms with Crippen LogP contribution in [0.3, 0.4) is 0 Å². The normalized spacial score (nSPS) is 12.8. The molecule has 0 unspecified atom stereocenters. The van der Waals surface area contributed by atoms with Gasteiger partial charge in [-0.05, 0) is 29.7 Å². The Morgan fingerprint density at radius 2 is 1.62 bits per heavy atom. The van der Waals surface area contributed by atoms with Gasteiger partial charge >= 0.3 is 0 Å². The van der Waals surface area contributed by atoms with Gasteiger partial charge in [-0.1, -0.05) is 36.4 Å². The molecule has 0 saturated carbocycles. The minimum Gasteiger partial charge on any atom is -0.454 e. The van der Waals surface area contributed by atoms with E-state index in [2.05, 4.69) is 36.4 Å². The molecule has 1 aliphatic rings. The first kappa shape index (κ1) is 9.28. The first-order valence-corrected chi connectivity index (χ1v) is 5.34. The summed E-state index contributed by atoms with van der Waals surface area (Å²) in [7, 11) is 0. The molecule has 0 N–H and O–H groups in total. The number of rotatable bonds is 2. The fourth-order valence-electron chi connectivity index (χ4n) is 1.88. The largest absolute Gasteiger partial charge is 0.454 e. The van der Waals surface area contributed by atoms with Gasteiger partial charge < -0.3 is 9.47 Å². The van der Waals surface area contributed by atoms with Crippen LogP contribution in [0.25, 0.3) is 0 Å². The summed E-state index contributed by atoms with van der Waals surface area (Å²) in [6.45, 7) is 0.337. The summed E-state index contributed by atoms with van der Waals surface area (Å²) in [5, 5.41) is 0. The summed E-state index contributed by atoms with van der Waals surface area (Å²) in [5.74, 6) is 1.70. The molecule has 1 heterocycles. The zero-order valence-electron chi connectivity index (χ0n) is 8.85. The van der Waals surface area contributed by atoms with E-state index in [1.54, 1.807) is 0 Å².